The molecule has 1 aliphatic rings. The van der Waals surface area contributed by atoms with Crippen molar-refractivity contribution in [1.82, 2.24) is 10.6 Å². The summed E-state index contributed by atoms with van der Waals surface area (Å²) in [7, 11) is 0. The molecule has 1 unspecified atom stereocenters. The Labute approximate surface area is 139 Å². The van der Waals surface area contributed by atoms with Gasteiger partial charge in [0.05, 0.1) is 5.02 Å². The maximum atomic E-state index is 13.5. The first-order valence-corrected chi connectivity index (χ1v) is 7.77. The minimum atomic E-state index is -0.449. The van der Waals surface area contributed by atoms with Crippen LogP contribution in [0.25, 0.3) is 0 Å². The Hall–Kier alpha value is -2.08. The zero-order chi connectivity index (χ0) is 16.8. The maximum absolute atomic E-state index is 13.5. The van der Waals surface area contributed by atoms with Crippen molar-refractivity contribution in [3.05, 3.63) is 41.7 Å². The second-order valence-electron chi connectivity index (χ2n) is 5.34. The fourth-order valence-corrected chi connectivity index (χ4v) is 2.58. The molecule has 2 N–H and O–H groups in total. The average molecular weight is 340 g/mol. The average Bonchev–Trinajstić information content (AvgIpc) is 2.98. The topological polar surface area (TPSA) is 61.4 Å². The SMILES string of the molecule is C=CC(=O)NCCC(=O)NC1CCN(c2ccc(Cl)c(F)c2)C1. The summed E-state index contributed by atoms with van der Waals surface area (Å²) >= 11 is 5.68. The van der Waals surface area contributed by atoms with Gasteiger partial charge in [-0.3, -0.25) is 9.59 Å². The minimum Gasteiger partial charge on any atom is -0.369 e. The van der Waals surface area contributed by atoms with Gasteiger partial charge in [-0.1, -0.05) is 18.2 Å². The predicted molar refractivity (Wildman–Crippen MR) is 88.0 cm³/mol. The van der Waals surface area contributed by atoms with E-state index in [9.17, 15) is 14.0 Å². The van der Waals surface area contributed by atoms with E-state index in [0.717, 1.165) is 24.7 Å². The van der Waals surface area contributed by atoms with Gasteiger partial charge in [0.2, 0.25) is 11.8 Å². The molecule has 7 heteroatoms. The molecule has 1 saturated heterocycles. The third-order valence-electron chi connectivity index (χ3n) is 3.66. The first-order chi connectivity index (χ1) is 11.0. The van der Waals surface area contributed by atoms with Gasteiger partial charge >= 0.3 is 0 Å². The number of hydrogen-bond donors (Lipinski definition) is 2. The molecular weight excluding hydrogens is 321 g/mol. The van der Waals surface area contributed by atoms with E-state index in [1.54, 1.807) is 6.07 Å². The van der Waals surface area contributed by atoms with Crippen LogP contribution >= 0.6 is 11.6 Å². The van der Waals surface area contributed by atoms with Gasteiger partial charge in [0, 0.05) is 37.8 Å². The van der Waals surface area contributed by atoms with Crippen molar-refractivity contribution >= 4 is 29.1 Å². The summed E-state index contributed by atoms with van der Waals surface area (Å²) in [4.78, 5) is 24.8. The van der Waals surface area contributed by atoms with Gasteiger partial charge in [0.1, 0.15) is 5.82 Å². The van der Waals surface area contributed by atoms with E-state index in [4.69, 9.17) is 11.6 Å². The number of nitrogens with zero attached hydrogens (tertiary/aromatic N) is 1. The van der Waals surface area contributed by atoms with Gasteiger partial charge in [0.25, 0.3) is 0 Å². The standard InChI is InChI=1S/C16H19ClFN3O2/c1-2-15(22)19-7-5-16(23)20-11-6-8-21(10-11)12-3-4-13(17)14(18)9-12/h2-4,9,11H,1,5-8,10H2,(H,19,22)(H,20,23). The Morgan fingerprint density at radius 3 is 2.96 bits per heavy atom. The Balaban J connectivity index is 1.78. The number of carbonyl (C=O) groups is 2. The van der Waals surface area contributed by atoms with E-state index >= 15 is 0 Å². The molecule has 0 aromatic heterocycles. The Morgan fingerprint density at radius 1 is 1.48 bits per heavy atom. The molecule has 0 saturated carbocycles. The summed E-state index contributed by atoms with van der Waals surface area (Å²) < 4.78 is 13.5. The number of carbonyl (C=O) groups excluding carboxylic acids is 2. The highest BCUT2D eigenvalue weighted by Gasteiger charge is 2.24. The molecule has 1 atom stereocenters. The van der Waals surface area contributed by atoms with Crippen LogP contribution in [0.5, 0.6) is 0 Å². The van der Waals surface area contributed by atoms with Crippen LogP contribution in [0.2, 0.25) is 5.02 Å². The molecule has 1 aromatic carbocycles. The minimum absolute atomic E-state index is 0.0105. The van der Waals surface area contributed by atoms with Crippen molar-refractivity contribution in [1.29, 1.82) is 0 Å². The second kappa shape index (κ2) is 7.97. The molecular formula is C16H19ClFN3O2. The van der Waals surface area contributed by atoms with Crippen molar-refractivity contribution in [2.24, 2.45) is 0 Å². The van der Waals surface area contributed by atoms with Crippen LogP contribution in [0.1, 0.15) is 12.8 Å². The summed E-state index contributed by atoms with van der Waals surface area (Å²) in [5.41, 5.74) is 0.752. The van der Waals surface area contributed by atoms with Gasteiger partial charge in [-0.15, -0.1) is 0 Å². The van der Waals surface area contributed by atoms with Gasteiger partial charge < -0.3 is 15.5 Å². The van der Waals surface area contributed by atoms with Crippen molar-refractivity contribution in [2.75, 3.05) is 24.5 Å². The molecule has 1 aromatic rings. The lowest BCUT2D eigenvalue weighted by molar-refractivity contribution is -0.121. The van der Waals surface area contributed by atoms with Crippen molar-refractivity contribution in [3.8, 4) is 0 Å². The van der Waals surface area contributed by atoms with E-state index in [-0.39, 0.29) is 35.8 Å². The first kappa shape index (κ1) is 17.3. The van der Waals surface area contributed by atoms with Gasteiger partial charge in [-0.25, -0.2) is 4.39 Å². The Bertz CT molecular complexity index is 609. The molecule has 2 amide bonds. The maximum Gasteiger partial charge on any atom is 0.243 e. The van der Waals surface area contributed by atoms with E-state index in [1.807, 2.05) is 4.90 Å². The van der Waals surface area contributed by atoms with Crippen LogP contribution in [0.4, 0.5) is 10.1 Å². The third kappa shape index (κ3) is 4.96. The number of benzene rings is 1. The summed E-state index contributed by atoms with van der Waals surface area (Å²) in [6.45, 7) is 4.96. The van der Waals surface area contributed by atoms with Crippen molar-refractivity contribution in [3.63, 3.8) is 0 Å². The van der Waals surface area contributed by atoms with E-state index < -0.39 is 5.82 Å². The number of halogens is 2. The summed E-state index contributed by atoms with van der Waals surface area (Å²) in [5, 5.41) is 5.57. The highest BCUT2D eigenvalue weighted by Crippen LogP contribution is 2.24. The molecule has 0 bridgehead atoms. The first-order valence-electron chi connectivity index (χ1n) is 7.39. The Morgan fingerprint density at radius 2 is 2.26 bits per heavy atom. The number of amides is 2. The lowest BCUT2D eigenvalue weighted by Crippen LogP contribution is -2.38. The molecule has 0 aliphatic carbocycles. The molecule has 1 heterocycles. The van der Waals surface area contributed by atoms with E-state index in [2.05, 4.69) is 17.2 Å². The predicted octanol–water partition coefficient (Wildman–Crippen LogP) is 1.87. The lowest BCUT2D eigenvalue weighted by atomic mass is 10.2. The molecule has 1 aliphatic heterocycles. The summed E-state index contributed by atoms with van der Waals surface area (Å²) in [6, 6.07) is 4.70. The molecule has 0 spiro atoms. The largest absolute Gasteiger partial charge is 0.369 e. The zero-order valence-electron chi connectivity index (χ0n) is 12.6. The quantitative estimate of drug-likeness (QED) is 0.778. The highest BCUT2D eigenvalue weighted by atomic mass is 35.5. The van der Waals surface area contributed by atoms with Crippen LogP contribution < -0.4 is 15.5 Å². The van der Waals surface area contributed by atoms with E-state index in [0.29, 0.717) is 6.54 Å². The number of anilines is 1. The molecule has 1 fully saturated rings. The third-order valence-corrected chi connectivity index (χ3v) is 3.96. The molecule has 5 nitrogen and oxygen atoms in total. The van der Waals surface area contributed by atoms with Crippen LogP contribution in [-0.4, -0.2) is 37.5 Å². The smallest absolute Gasteiger partial charge is 0.243 e. The molecule has 23 heavy (non-hydrogen) atoms. The number of hydrogen-bond acceptors (Lipinski definition) is 3. The van der Waals surface area contributed by atoms with Gasteiger partial charge in [-0.05, 0) is 30.7 Å². The van der Waals surface area contributed by atoms with Gasteiger partial charge in [-0.2, -0.15) is 0 Å². The zero-order valence-corrected chi connectivity index (χ0v) is 13.4. The fraction of sp³-hybridized carbons (Fsp3) is 0.375. The van der Waals surface area contributed by atoms with Crippen molar-refractivity contribution < 1.29 is 14.0 Å². The van der Waals surface area contributed by atoms with Crippen LogP contribution in [0, 0.1) is 5.82 Å². The summed E-state index contributed by atoms with van der Waals surface area (Å²) in [5.74, 6) is -0.868. The monoisotopic (exact) mass is 339 g/mol. The number of rotatable bonds is 6. The lowest BCUT2D eigenvalue weighted by Gasteiger charge is -2.19. The Kier molecular flexibility index (Phi) is 5.98. The molecule has 124 valence electrons. The summed E-state index contributed by atoms with van der Waals surface area (Å²) in [6.07, 6.45) is 2.17. The number of nitrogens with one attached hydrogen (secondary N) is 2. The van der Waals surface area contributed by atoms with Crippen LogP contribution in [-0.2, 0) is 9.59 Å². The van der Waals surface area contributed by atoms with Crippen LogP contribution in [0.3, 0.4) is 0 Å². The highest BCUT2D eigenvalue weighted by molar-refractivity contribution is 6.30. The molecule has 2 rings (SSSR count). The van der Waals surface area contributed by atoms with E-state index in [1.165, 1.54) is 12.1 Å². The molecule has 0 radical (unpaired) electrons. The van der Waals surface area contributed by atoms with Gasteiger partial charge in [0.15, 0.2) is 0 Å². The second-order valence-corrected chi connectivity index (χ2v) is 5.75. The van der Waals surface area contributed by atoms with Crippen molar-refractivity contribution in [2.45, 2.75) is 18.9 Å². The fourth-order valence-electron chi connectivity index (χ4n) is 2.47. The normalized spacial score (nSPS) is 17.0. The van der Waals surface area contributed by atoms with Crippen LogP contribution in [0.15, 0.2) is 30.9 Å².